The van der Waals surface area contributed by atoms with Crippen molar-refractivity contribution in [3.05, 3.63) is 46.4 Å². The second-order valence-corrected chi connectivity index (χ2v) is 5.68. The number of fused-ring (bicyclic) bond motifs is 1. The number of aliphatic hydroxyl groups is 1. The molecule has 3 rings (SSSR count). The fraction of sp³-hybridized carbons (Fsp3) is 0.375. The Balaban J connectivity index is 1.93. The number of pyridine rings is 1. The molecule has 5 nitrogen and oxygen atoms in total. The maximum absolute atomic E-state index is 12.5. The summed E-state index contributed by atoms with van der Waals surface area (Å²) in [5.74, 6) is -0.133. The zero-order chi connectivity index (χ0) is 15.0. The van der Waals surface area contributed by atoms with Crippen molar-refractivity contribution < 1.29 is 9.90 Å². The number of aromatic nitrogens is 1. The number of H-pyrrole nitrogens is 1. The van der Waals surface area contributed by atoms with E-state index < -0.39 is 0 Å². The van der Waals surface area contributed by atoms with Gasteiger partial charge in [0.2, 0.25) is 0 Å². The van der Waals surface area contributed by atoms with Gasteiger partial charge in [-0.25, -0.2) is 0 Å². The Morgan fingerprint density at radius 3 is 2.90 bits per heavy atom. The lowest BCUT2D eigenvalue weighted by molar-refractivity contribution is 0.0294. The molecule has 1 aliphatic rings. The first-order chi connectivity index (χ1) is 10.1. The Kier molecular flexibility index (Phi) is 3.51. The molecule has 2 aromatic rings. The number of nitrogens with zero attached hydrogens (tertiary/aromatic N) is 1. The summed E-state index contributed by atoms with van der Waals surface area (Å²) >= 11 is 0. The van der Waals surface area contributed by atoms with Gasteiger partial charge in [0.15, 0.2) is 0 Å². The van der Waals surface area contributed by atoms with Crippen LogP contribution < -0.4 is 5.56 Å². The van der Waals surface area contributed by atoms with E-state index in [1.807, 2.05) is 19.1 Å². The Hall–Kier alpha value is -2.14. The molecule has 0 radical (unpaired) electrons. The van der Waals surface area contributed by atoms with Crippen molar-refractivity contribution in [3.63, 3.8) is 0 Å². The van der Waals surface area contributed by atoms with E-state index in [0.717, 1.165) is 5.39 Å². The predicted octanol–water partition coefficient (Wildman–Crippen LogP) is 1.37. The van der Waals surface area contributed by atoms with Crippen LogP contribution in [-0.4, -0.2) is 40.1 Å². The third-order valence-electron chi connectivity index (χ3n) is 4.13. The predicted molar refractivity (Wildman–Crippen MR) is 80.3 cm³/mol. The van der Waals surface area contributed by atoms with Gasteiger partial charge in [-0.2, -0.15) is 0 Å². The topological polar surface area (TPSA) is 73.4 Å². The minimum atomic E-state index is -0.357. The smallest absolute Gasteiger partial charge is 0.270 e. The first-order valence-electron chi connectivity index (χ1n) is 7.15. The molecule has 21 heavy (non-hydrogen) atoms. The highest BCUT2D eigenvalue weighted by Gasteiger charge is 2.28. The summed E-state index contributed by atoms with van der Waals surface area (Å²) in [5.41, 5.74) is 0.0591. The number of nitrogens with one attached hydrogen (secondary N) is 1. The molecule has 0 aliphatic carbocycles. The van der Waals surface area contributed by atoms with Crippen LogP contribution in [0.5, 0.6) is 0 Å². The minimum absolute atomic E-state index is 0.0508. The molecule has 2 atom stereocenters. The monoisotopic (exact) mass is 286 g/mol. The van der Waals surface area contributed by atoms with Crippen LogP contribution in [0, 0.1) is 5.92 Å². The molecule has 0 bridgehead atoms. The molecule has 2 heterocycles. The van der Waals surface area contributed by atoms with Gasteiger partial charge in [-0.05, 0) is 29.9 Å². The molecule has 110 valence electrons. The Labute approximate surface area is 122 Å². The van der Waals surface area contributed by atoms with Crippen molar-refractivity contribution in [3.8, 4) is 0 Å². The summed E-state index contributed by atoms with van der Waals surface area (Å²) in [6, 6.07) is 8.92. The van der Waals surface area contributed by atoms with Crippen LogP contribution in [0.1, 0.15) is 23.8 Å². The van der Waals surface area contributed by atoms with Gasteiger partial charge < -0.3 is 15.0 Å². The molecule has 1 aromatic heterocycles. The largest absolute Gasteiger partial charge is 0.393 e. The lowest BCUT2D eigenvalue weighted by Gasteiger charge is -2.34. The molecule has 0 saturated carbocycles. The average Bonchev–Trinajstić information content (AvgIpc) is 2.49. The van der Waals surface area contributed by atoms with Crippen molar-refractivity contribution in [1.29, 1.82) is 0 Å². The number of aliphatic hydroxyl groups excluding tert-OH is 1. The second-order valence-electron chi connectivity index (χ2n) is 5.68. The van der Waals surface area contributed by atoms with Crippen LogP contribution >= 0.6 is 0 Å². The highest BCUT2D eigenvalue weighted by atomic mass is 16.3. The van der Waals surface area contributed by atoms with E-state index in [1.165, 1.54) is 0 Å². The molecular weight excluding hydrogens is 268 g/mol. The van der Waals surface area contributed by atoms with Gasteiger partial charge in [-0.15, -0.1) is 0 Å². The summed E-state index contributed by atoms with van der Waals surface area (Å²) in [4.78, 5) is 28.9. The summed E-state index contributed by atoms with van der Waals surface area (Å²) in [6.45, 7) is 2.95. The maximum Gasteiger partial charge on any atom is 0.270 e. The fourth-order valence-corrected chi connectivity index (χ4v) is 2.81. The highest BCUT2D eigenvalue weighted by molar-refractivity contribution is 5.96. The number of hydrogen-bond acceptors (Lipinski definition) is 3. The molecule has 5 heteroatoms. The average molecular weight is 286 g/mol. The van der Waals surface area contributed by atoms with E-state index >= 15 is 0 Å². The number of rotatable bonds is 1. The lowest BCUT2D eigenvalue weighted by atomic mass is 9.96. The number of carbonyl (C=O) groups is 1. The number of benzene rings is 1. The van der Waals surface area contributed by atoms with E-state index in [0.29, 0.717) is 30.6 Å². The van der Waals surface area contributed by atoms with Gasteiger partial charge >= 0.3 is 0 Å². The summed E-state index contributed by atoms with van der Waals surface area (Å²) in [7, 11) is 0. The molecule has 1 fully saturated rings. The zero-order valence-electron chi connectivity index (χ0n) is 11.9. The number of aromatic amines is 1. The van der Waals surface area contributed by atoms with Crippen LogP contribution in [0.25, 0.3) is 10.8 Å². The third-order valence-corrected chi connectivity index (χ3v) is 4.13. The van der Waals surface area contributed by atoms with Gasteiger partial charge in [-0.1, -0.05) is 25.1 Å². The van der Waals surface area contributed by atoms with Crippen LogP contribution in [0.15, 0.2) is 35.1 Å². The Morgan fingerprint density at radius 1 is 1.38 bits per heavy atom. The van der Waals surface area contributed by atoms with Crippen molar-refractivity contribution in [2.75, 3.05) is 13.1 Å². The SMILES string of the molecule is CC1CN(C(=O)c2cc3ccccc3c(=O)[nH]2)CCC1O. The number of hydrogen-bond donors (Lipinski definition) is 2. The minimum Gasteiger partial charge on any atom is -0.393 e. The van der Waals surface area contributed by atoms with Crippen molar-refractivity contribution in [2.45, 2.75) is 19.4 Å². The Bertz CT molecular complexity index is 738. The van der Waals surface area contributed by atoms with Crippen LogP contribution in [0.4, 0.5) is 0 Å². The van der Waals surface area contributed by atoms with Crippen molar-refractivity contribution in [2.24, 2.45) is 5.92 Å². The number of piperidine rings is 1. The van der Waals surface area contributed by atoms with E-state index in [1.54, 1.807) is 23.1 Å². The maximum atomic E-state index is 12.5. The third kappa shape index (κ3) is 2.56. The molecular formula is C16H18N2O3. The molecule has 1 aliphatic heterocycles. The van der Waals surface area contributed by atoms with Crippen molar-refractivity contribution in [1.82, 2.24) is 9.88 Å². The van der Waals surface area contributed by atoms with Crippen LogP contribution in [-0.2, 0) is 0 Å². The first kappa shape index (κ1) is 13.8. The number of amides is 1. The number of likely N-dealkylation sites (tertiary alicyclic amines) is 1. The van der Waals surface area contributed by atoms with Gasteiger partial charge in [0, 0.05) is 18.5 Å². The standard InChI is InChI=1S/C16H18N2O3/c1-10-9-18(7-6-14(10)19)16(21)13-8-11-4-2-3-5-12(11)15(20)17-13/h2-5,8,10,14,19H,6-7,9H2,1H3,(H,17,20). The quantitative estimate of drug-likeness (QED) is 0.831. The molecule has 1 amide bonds. The van der Waals surface area contributed by atoms with Crippen LogP contribution in [0.3, 0.4) is 0 Å². The highest BCUT2D eigenvalue weighted by Crippen LogP contribution is 2.19. The molecule has 2 unspecified atom stereocenters. The van der Waals surface area contributed by atoms with Gasteiger partial charge in [0.05, 0.1) is 6.10 Å². The second kappa shape index (κ2) is 5.33. The summed E-state index contributed by atoms with van der Waals surface area (Å²) in [6.07, 6.45) is 0.217. The number of carbonyl (C=O) groups excluding carboxylic acids is 1. The molecule has 2 N–H and O–H groups in total. The van der Waals surface area contributed by atoms with Crippen LogP contribution in [0.2, 0.25) is 0 Å². The van der Waals surface area contributed by atoms with E-state index in [-0.39, 0.29) is 23.5 Å². The van der Waals surface area contributed by atoms with Gasteiger partial charge in [0.1, 0.15) is 5.69 Å². The summed E-state index contributed by atoms with van der Waals surface area (Å²) in [5, 5.41) is 11.1. The van der Waals surface area contributed by atoms with E-state index in [9.17, 15) is 14.7 Å². The molecule has 1 aromatic carbocycles. The van der Waals surface area contributed by atoms with E-state index in [2.05, 4.69) is 4.98 Å². The summed E-state index contributed by atoms with van der Waals surface area (Å²) < 4.78 is 0. The fourth-order valence-electron chi connectivity index (χ4n) is 2.81. The van der Waals surface area contributed by atoms with Gasteiger partial charge in [-0.3, -0.25) is 9.59 Å². The first-order valence-corrected chi connectivity index (χ1v) is 7.15. The lowest BCUT2D eigenvalue weighted by Crippen LogP contribution is -2.45. The normalized spacial score (nSPS) is 22.5. The van der Waals surface area contributed by atoms with Crippen molar-refractivity contribution >= 4 is 16.7 Å². The Morgan fingerprint density at radius 2 is 2.14 bits per heavy atom. The van der Waals surface area contributed by atoms with Gasteiger partial charge in [0.25, 0.3) is 11.5 Å². The van der Waals surface area contributed by atoms with E-state index in [4.69, 9.17) is 0 Å². The zero-order valence-corrected chi connectivity index (χ0v) is 11.9. The molecule has 0 spiro atoms. The molecule has 1 saturated heterocycles.